The van der Waals surface area contributed by atoms with Gasteiger partial charge in [-0.3, -0.25) is 5.32 Å². The average Bonchev–Trinajstić information content (AvgIpc) is 1.92. The van der Waals surface area contributed by atoms with Crippen molar-refractivity contribution in [1.82, 2.24) is 5.32 Å². The van der Waals surface area contributed by atoms with E-state index in [0.29, 0.717) is 13.2 Å². The number of halogens is 1. The van der Waals surface area contributed by atoms with E-state index < -0.39 is 5.79 Å². The van der Waals surface area contributed by atoms with Gasteiger partial charge in [-0.05, 0) is 13.3 Å². The summed E-state index contributed by atoms with van der Waals surface area (Å²) >= 11 is 0. The van der Waals surface area contributed by atoms with E-state index >= 15 is 0 Å². The topological polar surface area (TPSA) is 21.3 Å². The fraction of sp³-hybridized carbons (Fsp3) is 1.00. The number of hydrogen-bond donors (Lipinski definition) is 1. The summed E-state index contributed by atoms with van der Waals surface area (Å²) in [6.45, 7) is 3.06. The molecule has 0 aliphatic carbocycles. The Morgan fingerprint density at radius 3 is 3.22 bits per heavy atom. The summed E-state index contributed by atoms with van der Waals surface area (Å²) in [5.74, 6) is -1.31. The highest BCUT2D eigenvalue weighted by molar-refractivity contribution is 4.71. The summed E-state index contributed by atoms with van der Waals surface area (Å²) in [4.78, 5) is 0. The van der Waals surface area contributed by atoms with Crippen LogP contribution in [0.5, 0.6) is 0 Å². The third kappa shape index (κ3) is 2.28. The number of rotatable bonds is 0. The first-order valence-corrected chi connectivity index (χ1v) is 3.22. The van der Waals surface area contributed by atoms with Gasteiger partial charge >= 0.3 is 0 Å². The van der Waals surface area contributed by atoms with Gasteiger partial charge in [0.15, 0.2) is 5.79 Å². The maximum Gasteiger partial charge on any atom is 0.182 e. The van der Waals surface area contributed by atoms with Crippen molar-refractivity contribution >= 4 is 0 Å². The predicted molar refractivity (Wildman–Crippen MR) is 33.0 cm³/mol. The monoisotopic (exact) mass is 133 g/mol. The molecule has 1 fully saturated rings. The van der Waals surface area contributed by atoms with Crippen LogP contribution in [0.25, 0.3) is 0 Å². The van der Waals surface area contributed by atoms with Crippen molar-refractivity contribution in [2.45, 2.75) is 19.1 Å². The van der Waals surface area contributed by atoms with Crippen molar-refractivity contribution in [3.63, 3.8) is 0 Å². The van der Waals surface area contributed by atoms with E-state index in [1.165, 1.54) is 6.92 Å². The van der Waals surface area contributed by atoms with Gasteiger partial charge in [-0.2, -0.15) is 0 Å². The summed E-state index contributed by atoms with van der Waals surface area (Å²) in [6, 6.07) is 0. The molecule has 0 spiro atoms. The highest BCUT2D eigenvalue weighted by Crippen LogP contribution is 2.08. The standard InChI is InChI=1S/C6H12FNO/c1-6(7)5-9-4-2-3-8-6/h8H,2-5H2,1H3/t6-/m1/s1. The van der Waals surface area contributed by atoms with Crippen LogP contribution in [0.2, 0.25) is 0 Å². The molecule has 0 aromatic heterocycles. The van der Waals surface area contributed by atoms with Crippen LogP contribution >= 0.6 is 0 Å². The van der Waals surface area contributed by atoms with Crippen LogP contribution in [0, 0.1) is 0 Å². The Kier molecular flexibility index (Phi) is 2.03. The van der Waals surface area contributed by atoms with Gasteiger partial charge in [0.25, 0.3) is 0 Å². The third-order valence-electron chi connectivity index (χ3n) is 1.33. The van der Waals surface area contributed by atoms with Crippen LogP contribution in [-0.4, -0.2) is 25.6 Å². The fourth-order valence-corrected chi connectivity index (χ4v) is 0.838. The van der Waals surface area contributed by atoms with E-state index in [0.717, 1.165) is 6.42 Å². The highest BCUT2D eigenvalue weighted by atomic mass is 19.1. The second-order valence-corrected chi connectivity index (χ2v) is 2.53. The minimum Gasteiger partial charge on any atom is -0.377 e. The van der Waals surface area contributed by atoms with E-state index in [9.17, 15) is 4.39 Å². The van der Waals surface area contributed by atoms with E-state index in [-0.39, 0.29) is 6.61 Å². The van der Waals surface area contributed by atoms with Gasteiger partial charge in [-0.1, -0.05) is 0 Å². The number of alkyl halides is 1. The Bertz CT molecular complexity index is 85.1. The molecule has 1 atom stereocenters. The maximum absolute atomic E-state index is 12.9. The van der Waals surface area contributed by atoms with Crippen molar-refractivity contribution in [1.29, 1.82) is 0 Å². The second kappa shape index (κ2) is 2.62. The molecule has 0 aromatic rings. The molecule has 3 heteroatoms. The lowest BCUT2D eigenvalue weighted by Gasteiger charge is -2.17. The van der Waals surface area contributed by atoms with E-state index in [1.807, 2.05) is 0 Å². The molecule has 0 radical (unpaired) electrons. The van der Waals surface area contributed by atoms with Crippen LogP contribution < -0.4 is 5.32 Å². The summed E-state index contributed by atoms with van der Waals surface area (Å²) in [5.41, 5.74) is 0. The zero-order valence-corrected chi connectivity index (χ0v) is 5.61. The molecule has 0 bridgehead atoms. The van der Waals surface area contributed by atoms with Crippen molar-refractivity contribution in [3.05, 3.63) is 0 Å². The fourth-order valence-electron chi connectivity index (χ4n) is 0.838. The van der Waals surface area contributed by atoms with Crippen LogP contribution in [-0.2, 0) is 4.74 Å². The zero-order valence-electron chi connectivity index (χ0n) is 5.61. The first-order chi connectivity index (χ1) is 4.21. The lowest BCUT2D eigenvalue weighted by atomic mass is 10.3. The molecule has 0 aromatic carbocycles. The molecular weight excluding hydrogens is 121 g/mol. The third-order valence-corrected chi connectivity index (χ3v) is 1.33. The van der Waals surface area contributed by atoms with Gasteiger partial charge in [0.1, 0.15) is 0 Å². The number of hydrogen-bond acceptors (Lipinski definition) is 2. The first kappa shape index (κ1) is 6.96. The van der Waals surface area contributed by atoms with Gasteiger partial charge in [0.2, 0.25) is 0 Å². The van der Waals surface area contributed by atoms with Crippen LogP contribution in [0.3, 0.4) is 0 Å². The smallest absolute Gasteiger partial charge is 0.182 e. The van der Waals surface area contributed by atoms with Crippen molar-refractivity contribution in [2.24, 2.45) is 0 Å². The molecule has 1 saturated heterocycles. The molecule has 2 nitrogen and oxygen atoms in total. The number of nitrogens with one attached hydrogen (secondary N) is 1. The van der Waals surface area contributed by atoms with Crippen LogP contribution in [0.1, 0.15) is 13.3 Å². The Labute approximate surface area is 54.4 Å². The van der Waals surface area contributed by atoms with E-state index in [1.54, 1.807) is 0 Å². The second-order valence-electron chi connectivity index (χ2n) is 2.53. The summed E-state index contributed by atoms with van der Waals surface area (Å²) in [7, 11) is 0. The Morgan fingerprint density at radius 1 is 1.67 bits per heavy atom. The molecule has 0 amide bonds. The van der Waals surface area contributed by atoms with Gasteiger partial charge in [-0.25, -0.2) is 4.39 Å². The van der Waals surface area contributed by atoms with Crippen LogP contribution in [0.15, 0.2) is 0 Å². The van der Waals surface area contributed by atoms with Gasteiger partial charge in [0, 0.05) is 13.2 Å². The van der Waals surface area contributed by atoms with Gasteiger partial charge in [0.05, 0.1) is 6.61 Å². The molecular formula is C6H12FNO. The van der Waals surface area contributed by atoms with Gasteiger partial charge < -0.3 is 4.74 Å². The molecule has 0 saturated carbocycles. The molecule has 1 heterocycles. The maximum atomic E-state index is 12.9. The normalized spacial score (nSPS) is 38.0. The van der Waals surface area contributed by atoms with Gasteiger partial charge in [-0.15, -0.1) is 0 Å². The average molecular weight is 133 g/mol. The molecule has 9 heavy (non-hydrogen) atoms. The first-order valence-electron chi connectivity index (χ1n) is 3.22. The predicted octanol–water partition coefficient (Wildman–Crippen LogP) is 0.682. The Balaban J connectivity index is 2.36. The minimum absolute atomic E-state index is 0.174. The van der Waals surface area contributed by atoms with Crippen molar-refractivity contribution in [2.75, 3.05) is 19.8 Å². The Morgan fingerprint density at radius 2 is 2.44 bits per heavy atom. The van der Waals surface area contributed by atoms with Crippen LogP contribution in [0.4, 0.5) is 4.39 Å². The number of ether oxygens (including phenoxy) is 1. The minimum atomic E-state index is -1.31. The van der Waals surface area contributed by atoms with Crippen molar-refractivity contribution < 1.29 is 9.13 Å². The SMILES string of the molecule is C[C@]1(F)COCCCN1. The highest BCUT2D eigenvalue weighted by Gasteiger charge is 2.23. The quantitative estimate of drug-likeness (QED) is 0.491. The van der Waals surface area contributed by atoms with E-state index in [2.05, 4.69) is 5.32 Å². The van der Waals surface area contributed by atoms with E-state index in [4.69, 9.17) is 4.74 Å². The molecule has 1 aliphatic rings. The molecule has 1 rings (SSSR count). The lowest BCUT2D eigenvalue weighted by Crippen LogP contribution is -2.40. The zero-order chi connectivity index (χ0) is 6.74. The van der Waals surface area contributed by atoms with Crippen molar-refractivity contribution in [3.8, 4) is 0 Å². The molecule has 0 unspecified atom stereocenters. The summed E-state index contributed by atoms with van der Waals surface area (Å²) < 4.78 is 17.9. The summed E-state index contributed by atoms with van der Waals surface area (Å²) in [6.07, 6.45) is 0.902. The molecule has 1 N–H and O–H groups in total. The molecule has 54 valence electrons. The largest absolute Gasteiger partial charge is 0.377 e. The lowest BCUT2D eigenvalue weighted by molar-refractivity contribution is 0.0272. The Hall–Kier alpha value is -0.150. The molecule has 1 aliphatic heterocycles. The summed E-state index contributed by atoms with van der Waals surface area (Å²) in [5, 5.41) is 2.73.